The molecule has 0 fully saturated rings. The molecule has 21 heavy (non-hydrogen) atoms. The van der Waals surface area contributed by atoms with E-state index in [2.05, 4.69) is 21.0 Å². The van der Waals surface area contributed by atoms with Crippen molar-refractivity contribution in [2.75, 3.05) is 6.61 Å². The fourth-order valence-corrected chi connectivity index (χ4v) is 2.28. The van der Waals surface area contributed by atoms with Crippen LogP contribution in [0, 0.1) is 5.82 Å². The van der Waals surface area contributed by atoms with Crippen molar-refractivity contribution in [3.8, 4) is 5.75 Å². The molecule has 0 N–H and O–H groups in total. The lowest BCUT2D eigenvalue weighted by atomic mass is 10.3. The predicted octanol–water partition coefficient (Wildman–Crippen LogP) is 2.48. The molecule has 0 atom stereocenters. The first-order valence-electron chi connectivity index (χ1n) is 6.27. The highest BCUT2D eigenvalue weighted by molar-refractivity contribution is 9.10. The number of aromatic nitrogens is 3. The second kappa shape index (κ2) is 5.69. The minimum absolute atomic E-state index is 0.148. The Morgan fingerprint density at radius 1 is 1.29 bits per heavy atom. The van der Waals surface area contributed by atoms with E-state index in [4.69, 9.17) is 4.74 Å². The molecule has 0 spiro atoms. The summed E-state index contributed by atoms with van der Waals surface area (Å²) in [5.74, 6) is -0.304. The molecule has 5 nitrogen and oxygen atoms in total. The highest BCUT2D eigenvalue weighted by Gasteiger charge is 2.07. The SMILES string of the molecule is O=c1n(CCOc2ccc(Br)cc2F)nc2ccccn12. The summed E-state index contributed by atoms with van der Waals surface area (Å²) in [6.45, 7) is 0.401. The summed E-state index contributed by atoms with van der Waals surface area (Å²) in [4.78, 5) is 12.0. The Morgan fingerprint density at radius 3 is 2.90 bits per heavy atom. The molecule has 7 heteroatoms. The highest BCUT2D eigenvalue weighted by atomic mass is 79.9. The molecule has 1 aromatic carbocycles. The summed E-state index contributed by atoms with van der Waals surface area (Å²) in [7, 11) is 0. The van der Waals surface area contributed by atoms with E-state index in [9.17, 15) is 9.18 Å². The third-order valence-electron chi connectivity index (χ3n) is 2.94. The van der Waals surface area contributed by atoms with E-state index >= 15 is 0 Å². The number of hydrogen-bond donors (Lipinski definition) is 0. The van der Waals surface area contributed by atoms with Gasteiger partial charge in [-0.1, -0.05) is 22.0 Å². The number of rotatable bonds is 4. The van der Waals surface area contributed by atoms with Gasteiger partial charge in [0.25, 0.3) is 0 Å². The van der Waals surface area contributed by atoms with Crippen LogP contribution in [0.3, 0.4) is 0 Å². The first-order chi connectivity index (χ1) is 10.1. The smallest absolute Gasteiger partial charge is 0.350 e. The van der Waals surface area contributed by atoms with E-state index in [-0.39, 0.29) is 24.6 Å². The number of fused-ring (bicyclic) bond motifs is 1. The van der Waals surface area contributed by atoms with Crippen LogP contribution in [-0.4, -0.2) is 20.8 Å². The predicted molar refractivity (Wildman–Crippen MR) is 79.0 cm³/mol. The fourth-order valence-electron chi connectivity index (χ4n) is 1.95. The Hall–Kier alpha value is -2.15. The third kappa shape index (κ3) is 2.82. The summed E-state index contributed by atoms with van der Waals surface area (Å²) in [6, 6.07) is 9.86. The molecule has 0 aliphatic rings. The zero-order valence-electron chi connectivity index (χ0n) is 10.9. The van der Waals surface area contributed by atoms with Crippen LogP contribution >= 0.6 is 15.9 Å². The minimum Gasteiger partial charge on any atom is -0.489 e. The number of pyridine rings is 1. The van der Waals surface area contributed by atoms with Gasteiger partial charge in [-0.25, -0.2) is 13.9 Å². The number of ether oxygens (including phenoxy) is 1. The maximum atomic E-state index is 13.6. The second-order valence-electron chi connectivity index (χ2n) is 4.36. The monoisotopic (exact) mass is 351 g/mol. The van der Waals surface area contributed by atoms with E-state index in [1.807, 2.05) is 0 Å². The number of hydrogen-bond acceptors (Lipinski definition) is 3. The second-order valence-corrected chi connectivity index (χ2v) is 5.27. The van der Waals surface area contributed by atoms with Crippen LogP contribution in [-0.2, 0) is 6.54 Å². The molecule has 2 aromatic heterocycles. The van der Waals surface area contributed by atoms with Crippen molar-refractivity contribution in [2.45, 2.75) is 6.54 Å². The van der Waals surface area contributed by atoms with Gasteiger partial charge in [-0.05, 0) is 30.3 Å². The maximum absolute atomic E-state index is 13.6. The summed E-state index contributed by atoms with van der Waals surface area (Å²) in [6.07, 6.45) is 1.65. The topological polar surface area (TPSA) is 48.5 Å². The molecule has 0 saturated carbocycles. The molecular formula is C14H11BrFN3O2. The normalized spacial score (nSPS) is 11.0. The van der Waals surface area contributed by atoms with Gasteiger partial charge in [0, 0.05) is 10.7 Å². The number of halogens is 2. The van der Waals surface area contributed by atoms with Crippen molar-refractivity contribution >= 4 is 21.6 Å². The third-order valence-corrected chi connectivity index (χ3v) is 3.44. The van der Waals surface area contributed by atoms with Gasteiger partial charge >= 0.3 is 5.69 Å². The Labute approximate surface area is 127 Å². The van der Waals surface area contributed by atoms with E-state index in [1.54, 1.807) is 30.5 Å². The molecule has 0 aliphatic heterocycles. The van der Waals surface area contributed by atoms with Crippen LogP contribution in [0.1, 0.15) is 0 Å². The van der Waals surface area contributed by atoms with E-state index < -0.39 is 5.82 Å². The van der Waals surface area contributed by atoms with Gasteiger partial charge in [0.1, 0.15) is 6.61 Å². The summed E-state index contributed by atoms with van der Waals surface area (Å²) >= 11 is 3.18. The maximum Gasteiger partial charge on any atom is 0.350 e. The molecule has 108 valence electrons. The van der Waals surface area contributed by atoms with E-state index in [0.717, 1.165) is 0 Å². The van der Waals surface area contributed by atoms with Gasteiger partial charge in [-0.15, -0.1) is 5.10 Å². The lowest BCUT2D eigenvalue weighted by Crippen LogP contribution is -2.24. The Morgan fingerprint density at radius 2 is 2.14 bits per heavy atom. The number of benzene rings is 1. The lowest BCUT2D eigenvalue weighted by molar-refractivity contribution is 0.276. The molecule has 0 aliphatic carbocycles. The molecule has 0 radical (unpaired) electrons. The quantitative estimate of drug-likeness (QED) is 0.725. The van der Waals surface area contributed by atoms with Crippen LogP contribution in [0.15, 0.2) is 51.9 Å². The molecule has 0 saturated heterocycles. The van der Waals surface area contributed by atoms with Crippen LogP contribution in [0.5, 0.6) is 5.75 Å². The molecule has 0 amide bonds. The van der Waals surface area contributed by atoms with Gasteiger partial charge in [0.2, 0.25) is 0 Å². The Kier molecular flexibility index (Phi) is 3.74. The van der Waals surface area contributed by atoms with Gasteiger partial charge in [0.05, 0.1) is 6.54 Å². The highest BCUT2D eigenvalue weighted by Crippen LogP contribution is 2.21. The number of nitrogens with zero attached hydrogens (tertiary/aromatic N) is 3. The van der Waals surface area contributed by atoms with Crippen LogP contribution in [0.4, 0.5) is 4.39 Å². The molecule has 0 unspecified atom stereocenters. The minimum atomic E-state index is -0.452. The van der Waals surface area contributed by atoms with Crippen molar-refractivity contribution in [3.05, 3.63) is 63.4 Å². The van der Waals surface area contributed by atoms with Crippen molar-refractivity contribution in [1.82, 2.24) is 14.2 Å². The molecule has 2 heterocycles. The standard InChI is InChI=1S/C14H11BrFN3O2/c15-10-4-5-12(11(16)9-10)21-8-7-19-14(20)18-6-2-1-3-13(18)17-19/h1-6,9H,7-8H2. The van der Waals surface area contributed by atoms with Crippen molar-refractivity contribution in [1.29, 1.82) is 0 Å². The van der Waals surface area contributed by atoms with Gasteiger partial charge in [0.15, 0.2) is 17.2 Å². The van der Waals surface area contributed by atoms with Crippen LogP contribution < -0.4 is 10.4 Å². The zero-order valence-corrected chi connectivity index (χ0v) is 12.5. The average molecular weight is 352 g/mol. The summed E-state index contributed by atoms with van der Waals surface area (Å²) in [5.41, 5.74) is 0.322. The van der Waals surface area contributed by atoms with Crippen molar-refractivity contribution in [2.24, 2.45) is 0 Å². The van der Waals surface area contributed by atoms with Gasteiger partial charge < -0.3 is 4.74 Å². The zero-order chi connectivity index (χ0) is 14.8. The summed E-state index contributed by atoms with van der Waals surface area (Å²) < 4.78 is 22.3. The van der Waals surface area contributed by atoms with Crippen molar-refractivity contribution < 1.29 is 9.13 Å². The summed E-state index contributed by atoms with van der Waals surface area (Å²) in [5, 5.41) is 4.17. The van der Waals surface area contributed by atoms with E-state index in [1.165, 1.54) is 21.2 Å². The first-order valence-corrected chi connectivity index (χ1v) is 7.06. The Balaban J connectivity index is 1.72. The van der Waals surface area contributed by atoms with Crippen LogP contribution in [0.2, 0.25) is 0 Å². The fraction of sp³-hybridized carbons (Fsp3) is 0.143. The first kappa shape index (κ1) is 13.8. The molecular weight excluding hydrogens is 341 g/mol. The van der Waals surface area contributed by atoms with E-state index in [0.29, 0.717) is 10.1 Å². The lowest BCUT2D eigenvalue weighted by Gasteiger charge is -2.06. The average Bonchev–Trinajstić information content (AvgIpc) is 2.79. The molecule has 3 aromatic rings. The Bertz CT molecular complexity index is 844. The molecule has 3 rings (SSSR count). The van der Waals surface area contributed by atoms with Crippen LogP contribution in [0.25, 0.3) is 5.65 Å². The largest absolute Gasteiger partial charge is 0.489 e. The molecule has 0 bridgehead atoms. The van der Waals surface area contributed by atoms with Gasteiger partial charge in [-0.2, -0.15) is 0 Å². The van der Waals surface area contributed by atoms with Gasteiger partial charge in [-0.3, -0.25) is 4.40 Å². The van der Waals surface area contributed by atoms with Crippen molar-refractivity contribution in [3.63, 3.8) is 0 Å².